The molecule has 0 aliphatic rings. The van der Waals surface area contributed by atoms with Gasteiger partial charge in [0.25, 0.3) is 0 Å². The van der Waals surface area contributed by atoms with E-state index >= 15 is 0 Å². The zero-order valence-electron chi connectivity index (χ0n) is 22.9. The summed E-state index contributed by atoms with van der Waals surface area (Å²) in [4.78, 5) is 7.35. The summed E-state index contributed by atoms with van der Waals surface area (Å²) in [5, 5.41) is 0. The first-order valence-electron chi connectivity index (χ1n) is 12.5. The molecule has 0 saturated carbocycles. The van der Waals surface area contributed by atoms with Gasteiger partial charge in [0.2, 0.25) is 0 Å². The Kier molecular flexibility index (Phi) is 16.6. The van der Waals surface area contributed by atoms with Gasteiger partial charge in [-0.1, -0.05) is 0 Å². The van der Waals surface area contributed by atoms with Gasteiger partial charge in [-0.25, -0.2) is 0 Å². The lowest BCUT2D eigenvalue weighted by Gasteiger charge is -2.32. The van der Waals surface area contributed by atoms with Crippen molar-refractivity contribution in [3.63, 3.8) is 0 Å². The Balaban J connectivity index is 4.80. The van der Waals surface area contributed by atoms with Gasteiger partial charge >= 0.3 is 9.53 Å². The van der Waals surface area contributed by atoms with Crippen LogP contribution < -0.4 is 0 Å². The van der Waals surface area contributed by atoms with Crippen molar-refractivity contribution in [3.05, 3.63) is 0 Å². The molecule has 0 bridgehead atoms. The van der Waals surface area contributed by atoms with E-state index in [1.54, 1.807) is 0 Å². The van der Waals surface area contributed by atoms with Crippen molar-refractivity contribution < 1.29 is 13.3 Å². The Morgan fingerprint density at radius 2 is 0.613 bits per heavy atom. The van der Waals surface area contributed by atoms with E-state index in [0.717, 1.165) is 19.6 Å². The molecule has 0 heterocycles. The van der Waals surface area contributed by atoms with Crippen molar-refractivity contribution >= 4 is 9.53 Å². The van der Waals surface area contributed by atoms with Crippen LogP contribution in [0.15, 0.2) is 0 Å². The second-order valence-corrected chi connectivity index (χ2v) is 11.8. The Labute approximate surface area is 196 Å². The fourth-order valence-electron chi connectivity index (χ4n) is 4.25. The maximum Gasteiger partial charge on any atom is 0.484 e. The van der Waals surface area contributed by atoms with Crippen LogP contribution in [0.2, 0.25) is 0 Å². The van der Waals surface area contributed by atoms with Gasteiger partial charge in [0.15, 0.2) is 0 Å². The van der Waals surface area contributed by atoms with Crippen molar-refractivity contribution in [1.82, 2.24) is 14.7 Å². The highest BCUT2D eigenvalue weighted by molar-refractivity contribution is 6.36. The summed E-state index contributed by atoms with van der Waals surface area (Å²) in [7, 11) is -2.18. The van der Waals surface area contributed by atoms with Crippen LogP contribution in [-0.4, -0.2) is 99.9 Å². The lowest BCUT2D eigenvalue weighted by molar-refractivity contribution is 0.0476. The van der Waals surface area contributed by atoms with Crippen LogP contribution >= 0.6 is 0 Å². The number of hydrogen-bond acceptors (Lipinski definition) is 6. The lowest BCUT2D eigenvalue weighted by atomic mass is 10.2. The topological polar surface area (TPSA) is 37.4 Å². The molecule has 0 unspecified atom stereocenters. The third kappa shape index (κ3) is 13.3. The molecule has 0 aromatic heterocycles. The van der Waals surface area contributed by atoms with E-state index in [1.165, 1.54) is 0 Å². The highest BCUT2D eigenvalue weighted by Gasteiger charge is 2.21. The van der Waals surface area contributed by atoms with Crippen LogP contribution in [0, 0.1) is 0 Å². The summed E-state index contributed by atoms with van der Waals surface area (Å²) < 4.78 is 18.6. The molecule has 0 radical (unpaired) electrons. The zero-order valence-corrected chi connectivity index (χ0v) is 24.0. The molecule has 0 fully saturated rings. The van der Waals surface area contributed by atoms with Crippen LogP contribution in [0.3, 0.4) is 0 Å². The monoisotopic (exact) mass is 461 g/mol. The molecule has 7 heteroatoms. The molecule has 0 N–H and O–H groups in total. The third-order valence-corrected chi connectivity index (χ3v) is 7.31. The molecule has 0 spiro atoms. The fourth-order valence-corrected chi connectivity index (χ4v) is 5.43. The summed E-state index contributed by atoms with van der Waals surface area (Å²) in [6.07, 6.45) is 0. The van der Waals surface area contributed by atoms with Gasteiger partial charge in [-0.3, -0.25) is 14.7 Å². The predicted octanol–water partition coefficient (Wildman–Crippen LogP) is 4.11. The van der Waals surface area contributed by atoms with Crippen LogP contribution in [0.1, 0.15) is 83.1 Å². The van der Waals surface area contributed by atoms with E-state index in [9.17, 15) is 0 Å². The summed E-state index contributed by atoms with van der Waals surface area (Å²) in [6.45, 7) is 31.5. The highest BCUT2D eigenvalue weighted by Crippen LogP contribution is 2.08. The second kappa shape index (κ2) is 16.6. The Morgan fingerprint density at radius 3 is 0.774 bits per heavy atom. The maximum atomic E-state index is 6.19. The van der Waals surface area contributed by atoms with Crippen molar-refractivity contribution in [2.75, 3.05) is 39.5 Å². The molecule has 0 saturated heterocycles. The van der Waals surface area contributed by atoms with E-state index in [2.05, 4.69) is 97.8 Å². The SMILES string of the molecule is CC(C)N(CCO[SiH](OCCN(C(C)C)C(C)C)OCCN(C(C)C)C(C)C)C(C)C. The Bertz CT molecular complexity index is 348. The van der Waals surface area contributed by atoms with Gasteiger partial charge < -0.3 is 13.3 Å². The minimum absolute atomic E-state index is 0.502. The van der Waals surface area contributed by atoms with Crippen molar-refractivity contribution in [3.8, 4) is 0 Å². The van der Waals surface area contributed by atoms with Gasteiger partial charge in [-0.05, 0) is 83.1 Å². The lowest BCUT2D eigenvalue weighted by Crippen LogP contribution is -2.43. The molecule has 0 aliphatic carbocycles. The molecule has 188 valence electrons. The van der Waals surface area contributed by atoms with Gasteiger partial charge in [-0.15, -0.1) is 0 Å². The van der Waals surface area contributed by atoms with Crippen molar-refractivity contribution in [2.45, 2.75) is 119 Å². The van der Waals surface area contributed by atoms with Crippen LogP contribution in [0.25, 0.3) is 0 Å². The first kappa shape index (κ1) is 31.0. The molecule has 6 nitrogen and oxygen atoms in total. The molecule has 0 aromatic carbocycles. The third-order valence-electron chi connectivity index (χ3n) is 5.79. The van der Waals surface area contributed by atoms with Crippen molar-refractivity contribution in [1.29, 1.82) is 0 Å². The van der Waals surface area contributed by atoms with Gasteiger partial charge in [0.05, 0.1) is 19.8 Å². The molecular formula is C24H55N3O3Si. The van der Waals surface area contributed by atoms with E-state index < -0.39 is 9.53 Å². The quantitative estimate of drug-likeness (QED) is 0.286. The molecule has 0 aromatic rings. The standard InChI is InChI=1S/C24H55N3O3Si/c1-19(2)25(20(3)4)13-16-28-31(29-17-14-26(21(5)6)22(7)8)30-18-15-27(23(9)10)24(11)12/h19-24,31H,13-18H2,1-12H3. The Morgan fingerprint density at radius 1 is 0.419 bits per heavy atom. The molecule has 0 rings (SSSR count). The first-order valence-corrected chi connectivity index (χ1v) is 13.9. The second-order valence-electron chi connectivity index (χ2n) is 10.2. The number of rotatable bonds is 18. The van der Waals surface area contributed by atoms with E-state index in [0.29, 0.717) is 56.1 Å². The summed E-state index contributed by atoms with van der Waals surface area (Å²) in [5.41, 5.74) is 0. The molecule has 0 atom stereocenters. The maximum absolute atomic E-state index is 6.19. The summed E-state index contributed by atoms with van der Waals surface area (Å²) in [6, 6.07) is 3.01. The average Bonchev–Trinajstić information content (AvgIpc) is 2.62. The first-order chi connectivity index (χ1) is 14.4. The number of hydrogen-bond donors (Lipinski definition) is 0. The molecule has 31 heavy (non-hydrogen) atoms. The Hall–Kier alpha value is -0.0231. The van der Waals surface area contributed by atoms with Gasteiger partial charge in [0, 0.05) is 55.9 Å². The van der Waals surface area contributed by atoms with Crippen LogP contribution in [-0.2, 0) is 13.3 Å². The van der Waals surface area contributed by atoms with E-state index in [4.69, 9.17) is 13.3 Å². The zero-order chi connectivity index (χ0) is 24.1. The minimum atomic E-state index is -2.18. The molecule has 0 amide bonds. The fraction of sp³-hybridized carbons (Fsp3) is 1.00. The average molecular weight is 462 g/mol. The largest absolute Gasteiger partial charge is 0.484 e. The van der Waals surface area contributed by atoms with Crippen molar-refractivity contribution in [2.24, 2.45) is 0 Å². The van der Waals surface area contributed by atoms with Gasteiger partial charge in [0.1, 0.15) is 0 Å². The van der Waals surface area contributed by atoms with Crippen LogP contribution in [0.4, 0.5) is 0 Å². The summed E-state index contributed by atoms with van der Waals surface area (Å²) >= 11 is 0. The minimum Gasteiger partial charge on any atom is -0.374 e. The molecule has 0 aliphatic heterocycles. The van der Waals surface area contributed by atoms with Crippen LogP contribution in [0.5, 0.6) is 0 Å². The van der Waals surface area contributed by atoms with E-state index in [1.807, 2.05) is 0 Å². The normalized spacial score (nSPS) is 13.4. The smallest absolute Gasteiger partial charge is 0.374 e. The summed E-state index contributed by atoms with van der Waals surface area (Å²) in [5.74, 6) is 0. The predicted molar refractivity (Wildman–Crippen MR) is 136 cm³/mol. The van der Waals surface area contributed by atoms with E-state index in [-0.39, 0.29) is 0 Å². The number of nitrogens with zero attached hydrogens (tertiary/aromatic N) is 3. The highest BCUT2D eigenvalue weighted by atomic mass is 28.3. The van der Waals surface area contributed by atoms with Gasteiger partial charge in [-0.2, -0.15) is 0 Å². The molecular weight excluding hydrogens is 406 g/mol.